The minimum Gasteiger partial charge on any atom is -0.370 e. The van der Waals surface area contributed by atoms with Gasteiger partial charge in [0.15, 0.2) is 5.03 Å². The van der Waals surface area contributed by atoms with Crippen molar-refractivity contribution < 1.29 is 13.2 Å². The van der Waals surface area contributed by atoms with Crippen molar-refractivity contribution in [2.75, 3.05) is 11.9 Å². The number of halogens is 3. The smallest absolute Gasteiger partial charge is 0.281 e. The van der Waals surface area contributed by atoms with Gasteiger partial charge < -0.3 is 10.6 Å². The molecule has 1 atom stereocenters. The van der Waals surface area contributed by atoms with E-state index in [9.17, 15) is 13.2 Å². The summed E-state index contributed by atoms with van der Waals surface area (Å²) in [6.07, 6.45) is 4.27. The lowest BCUT2D eigenvalue weighted by Crippen LogP contribution is -2.37. The van der Waals surface area contributed by atoms with E-state index in [4.69, 9.17) is 23.2 Å². The Morgan fingerprint density at radius 1 is 1.22 bits per heavy atom. The molecule has 8 nitrogen and oxygen atoms in total. The molecule has 3 heterocycles. The molecule has 1 unspecified atom stereocenters. The summed E-state index contributed by atoms with van der Waals surface area (Å²) < 4.78 is 27.1. The highest BCUT2D eigenvalue weighted by Gasteiger charge is 2.29. The molecular formula is C20H26Cl3N5O3S. The van der Waals surface area contributed by atoms with Crippen LogP contribution in [0.2, 0.25) is 10.3 Å². The molecule has 0 aromatic carbocycles. The number of carbonyl (C=O) groups is 1. The van der Waals surface area contributed by atoms with Crippen molar-refractivity contribution in [2.45, 2.75) is 56.1 Å². The van der Waals surface area contributed by atoms with Crippen molar-refractivity contribution in [2.24, 2.45) is 0 Å². The van der Waals surface area contributed by atoms with Crippen molar-refractivity contribution >= 4 is 57.4 Å². The van der Waals surface area contributed by atoms with Crippen LogP contribution in [0, 0.1) is 0 Å². The number of carbonyl (C=O) groups excluding carboxylic acids is 1. The third-order valence-electron chi connectivity index (χ3n) is 5.03. The molecule has 12 heteroatoms. The summed E-state index contributed by atoms with van der Waals surface area (Å²) in [7, 11) is -4.19. The molecule has 0 spiro atoms. The lowest BCUT2D eigenvalue weighted by atomic mass is 10.0. The maximum atomic E-state index is 12.6. The lowest BCUT2D eigenvalue weighted by Gasteiger charge is -2.20. The van der Waals surface area contributed by atoms with Crippen LogP contribution in [0.1, 0.15) is 49.9 Å². The Bertz CT molecular complexity index is 1070. The Kier molecular flexibility index (Phi) is 9.13. The number of anilines is 1. The first kappa shape index (κ1) is 26.6. The highest BCUT2D eigenvalue weighted by atomic mass is 35.5. The maximum Gasteiger partial charge on any atom is 0.281 e. The zero-order valence-corrected chi connectivity index (χ0v) is 20.8. The van der Waals surface area contributed by atoms with E-state index in [0.29, 0.717) is 18.4 Å². The fourth-order valence-corrected chi connectivity index (χ4v) is 4.85. The van der Waals surface area contributed by atoms with Crippen LogP contribution in [0.25, 0.3) is 0 Å². The number of hydrogen-bond acceptors (Lipinski definition) is 7. The minimum atomic E-state index is -4.19. The number of aromatic nitrogens is 2. The van der Waals surface area contributed by atoms with Gasteiger partial charge in [-0.1, -0.05) is 29.3 Å². The molecule has 1 fully saturated rings. The highest BCUT2D eigenvalue weighted by molar-refractivity contribution is 7.90. The van der Waals surface area contributed by atoms with Gasteiger partial charge in [0.05, 0.1) is 5.56 Å². The van der Waals surface area contributed by atoms with E-state index in [2.05, 4.69) is 34.4 Å². The van der Waals surface area contributed by atoms with Gasteiger partial charge in [-0.15, -0.1) is 12.4 Å². The topological polar surface area (TPSA) is 113 Å². The van der Waals surface area contributed by atoms with Crippen LogP contribution in [-0.4, -0.2) is 42.4 Å². The molecule has 1 saturated heterocycles. The first-order chi connectivity index (χ1) is 14.6. The van der Waals surface area contributed by atoms with Crippen molar-refractivity contribution in [3.63, 3.8) is 0 Å². The van der Waals surface area contributed by atoms with Gasteiger partial charge in [-0.3, -0.25) is 4.79 Å². The molecule has 0 saturated carbocycles. The summed E-state index contributed by atoms with van der Waals surface area (Å²) in [6.45, 7) is 5.07. The van der Waals surface area contributed by atoms with Gasteiger partial charge in [0, 0.05) is 18.1 Å². The summed E-state index contributed by atoms with van der Waals surface area (Å²) >= 11 is 11.6. The monoisotopic (exact) mass is 521 g/mol. The van der Waals surface area contributed by atoms with E-state index in [1.807, 2.05) is 4.72 Å². The Balaban J connectivity index is 0.00000363. The van der Waals surface area contributed by atoms with Gasteiger partial charge in [-0.2, -0.15) is 8.42 Å². The number of rotatable bonds is 8. The molecule has 2 aromatic heterocycles. The molecule has 32 heavy (non-hydrogen) atoms. The Morgan fingerprint density at radius 2 is 1.97 bits per heavy atom. The first-order valence-corrected chi connectivity index (χ1v) is 12.2. The summed E-state index contributed by atoms with van der Waals surface area (Å²) in [5.74, 6) is -0.498. The van der Waals surface area contributed by atoms with Crippen LogP contribution in [0.4, 0.5) is 5.82 Å². The lowest BCUT2D eigenvalue weighted by molar-refractivity contribution is 0.0981. The second-order valence-corrected chi connectivity index (χ2v) is 10.5. The first-order valence-electron chi connectivity index (χ1n) is 9.94. The van der Waals surface area contributed by atoms with Crippen LogP contribution in [-0.2, 0) is 10.0 Å². The Morgan fingerprint density at radius 3 is 2.62 bits per heavy atom. The third kappa shape index (κ3) is 7.18. The molecule has 3 rings (SSSR count). The largest absolute Gasteiger partial charge is 0.370 e. The molecule has 1 amide bonds. The molecule has 1 aliphatic rings. The van der Waals surface area contributed by atoms with Crippen molar-refractivity contribution in [1.82, 2.24) is 20.0 Å². The van der Waals surface area contributed by atoms with Crippen molar-refractivity contribution in [3.05, 3.63) is 46.2 Å². The third-order valence-corrected chi connectivity index (χ3v) is 6.76. The van der Waals surface area contributed by atoms with Crippen LogP contribution < -0.4 is 15.4 Å². The van der Waals surface area contributed by atoms with Gasteiger partial charge in [0.2, 0.25) is 0 Å². The second-order valence-electron chi connectivity index (χ2n) is 8.10. The normalized spacial score (nSPS) is 17.4. The van der Waals surface area contributed by atoms with E-state index in [0.717, 1.165) is 25.7 Å². The zero-order valence-electron chi connectivity index (χ0n) is 17.7. The summed E-state index contributed by atoms with van der Waals surface area (Å²) in [5.41, 5.74) is 0.0895. The molecule has 176 valence electrons. The molecule has 3 N–H and O–H groups in total. The van der Waals surface area contributed by atoms with E-state index < -0.39 is 15.9 Å². The average molecular weight is 523 g/mol. The molecule has 0 radical (unpaired) electrons. The zero-order chi connectivity index (χ0) is 22.6. The van der Waals surface area contributed by atoms with E-state index in [1.165, 1.54) is 18.2 Å². The number of nitrogens with one attached hydrogen (secondary N) is 3. The molecule has 0 aliphatic carbocycles. The van der Waals surface area contributed by atoms with Gasteiger partial charge >= 0.3 is 0 Å². The molecular weight excluding hydrogens is 497 g/mol. The number of pyridine rings is 2. The van der Waals surface area contributed by atoms with Gasteiger partial charge in [0.1, 0.15) is 16.1 Å². The van der Waals surface area contributed by atoms with E-state index in [1.54, 1.807) is 12.1 Å². The van der Waals surface area contributed by atoms with Crippen LogP contribution in [0.5, 0.6) is 0 Å². The SMILES string of the molecule is CC1(C)CCC(CCCNc2cccc(S(=O)(=O)NC(=O)c3ccc(Cl)nc3Cl)n2)N1.Cl. The fraction of sp³-hybridized carbons (Fsp3) is 0.450. The summed E-state index contributed by atoms with van der Waals surface area (Å²) in [4.78, 5) is 20.2. The number of amides is 1. The van der Waals surface area contributed by atoms with Crippen molar-refractivity contribution in [1.29, 1.82) is 0 Å². The van der Waals surface area contributed by atoms with Gasteiger partial charge in [-0.25, -0.2) is 14.7 Å². The molecule has 0 bridgehead atoms. The Hall–Kier alpha value is -1.65. The highest BCUT2D eigenvalue weighted by Crippen LogP contribution is 2.24. The number of sulfonamides is 1. The van der Waals surface area contributed by atoms with E-state index >= 15 is 0 Å². The van der Waals surface area contributed by atoms with Gasteiger partial charge in [-0.05, 0) is 63.8 Å². The van der Waals surface area contributed by atoms with Crippen molar-refractivity contribution in [3.8, 4) is 0 Å². The van der Waals surface area contributed by atoms with E-state index in [-0.39, 0.29) is 38.8 Å². The molecule has 1 aliphatic heterocycles. The predicted octanol–water partition coefficient (Wildman–Crippen LogP) is 4.05. The van der Waals surface area contributed by atoms with Crippen LogP contribution in [0.3, 0.4) is 0 Å². The summed E-state index contributed by atoms with van der Waals surface area (Å²) in [5, 5.41) is 6.38. The molecule has 2 aromatic rings. The maximum absolute atomic E-state index is 12.6. The average Bonchev–Trinajstić information content (AvgIpc) is 3.03. The Labute approximate surface area is 204 Å². The van der Waals surface area contributed by atoms with Crippen LogP contribution >= 0.6 is 35.6 Å². The quantitative estimate of drug-likeness (QED) is 0.354. The van der Waals surface area contributed by atoms with Gasteiger partial charge in [0.25, 0.3) is 15.9 Å². The predicted molar refractivity (Wildman–Crippen MR) is 128 cm³/mol. The second kappa shape index (κ2) is 11.0. The fourth-order valence-electron chi connectivity index (χ4n) is 3.49. The number of hydrogen-bond donors (Lipinski definition) is 3. The summed E-state index contributed by atoms with van der Waals surface area (Å²) in [6, 6.07) is 7.70. The minimum absolute atomic E-state index is 0. The van der Waals surface area contributed by atoms with Crippen LogP contribution in [0.15, 0.2) is 35.4 Å². The standard InChI is InChI=1S/C20H25Cl2N5O3S.ClH/c1-20(2)11-10-13(26-20)5-4-12-23-16-6-3-7-17(25-16)31(29,30)27-19(28)14-8-9-15(21)24-18(14)22;/h3,6-9,13,26H,4-5,10-12H2,1-2H3,(H,23,25)(H,27,28);1H. The number of nitrogens with zero attached hydrogens (tertiary/aromatic N) is 2.